The van der Waals surface area contributed by atoms with Crippen molar-refractivity contribution < 1.29 is 5.11 Å². The molecule has 0 fully saturated rings. The molecule has 2 atom stereocenters. The summed E-state index contributed by atoms with van der Waals surface area (Å²) in [5, 5.41) is 9.45. The number of nitrogens with two attached hydrogens (primary N) is 1. The van der Waals surface area contributed by atoms with Crippen LogP contribution in [0.15, 0.2) is 0 Å². The summed E-state index contributed by atoms with van der Waals surface area (Å²) in [6, 6.07) is -0.00782. The average molecular weight is 159 g/mol. The van der Waals surface area contributed by atoms with E-state index in [0.29, 0.717) is 0 Å². The smallest absolute Gasteiger partial charge is 0.0691 e. The molecule has 0 aromatic carbocycles. The highest BCUT2D eigenvalue weighted by molar-refractivity contribution is 4.70. The molecule has 1 unspecified atom stereocenters. The summed E-state index contributed by atoms with van der Waals surface area (Å²) in [6.45, 7) is 4.21. The molecule has 0 aliphatic rings. The van der Waals surface area contributed by atoms with Gasteiger partial charge in [0.1, 0.15) is 0 Å². The minimum atomic E-state index is -0.283. The van der Waals surface area contributed by atoms with Gasteiger partial charge < -0.3 is 10.8 Å². The summed E-state index contributed by atoms with van der Waals surface area (Å²) >= 11 is 0. The van der Waals surface area contributed by atoms with Crippen LogP contribution in [0.3, 0.4) is 0 Å². The van der Waals surface area contributed by atoms with Gasteiger partial charge in [-0.15, -0.1) is 0 Å². The Labute approximate surface area is 69.8 Å². The molecule has 0 rings (SSSR count). The van der Waals surface area contributed by atoms with Crippen molar-refractivity contribution >= 4 is 0 Å². The standard InChI is InChI=1S/C9H21NO/c1-3-5-7-9(11)8(10)6-4-2/h8-9,11H,3-7,10H2,1-2H3/t8-,9?/m0/s1. The van der Waals surface area contributed by atoms with Crippen LogP contribution in [0.5, 0.6) is 0 Å². The van der Waals surface area contributed by atoms with Crippen LogP contribution in [0.25, 0.3) is 0 Å². The minimum Gasteiger partial charge on any atom is -0.392 e. The zero-order chi connectivity index (χ0) is 8.69. The van der Waals surface area contributed by atoms with Gasteiger partial charge in [-0.1, -0.05) is 33.1 Å². The highest BCUT2D eigenvalue weighted by atomic mass is 16.3. The van der Waals surface area contributed by atoms with Gasteiger partial charge in [-0.05, 0) is 12.8 Å². The molecule has 0 amide bonds. The van der Waals surface area contributed by atoms with Crippen LogP contribution in [-0.4, -0.2) is 17.3 Å². The van der Waals surface area contributed by atoms with E-state index in [2.05, 4.69) is 13.8 Å². The van der Waals surface area contributed by atoms with Gasteiger partial charge in [-0.2, -0.15) is 0 Å². The molecular weight excluding hydrogens is 138 g/mol. The molecule has 2 nitrogen and oxygen atoms in total. The van der Waals surface area contributed by atoms with Crippen LogP contribution in [0.2, 0.25) is 0 Å². The lowest BCUT2D eigenvalue weighted by molar-refractivity contribution is 0.128. The summed E-state index contributed by atoms with van der Waals surface area (Å²) in [4.78, 5) is 0. The SMILES string of the molecule is CCCCC(O)[C@@H](N)CCC. The molecule has 0 bridgehead atoms. The Balaban J connectivity index is 3.38. The fourth-order valence-corrected chi connectivity index (χ4v) is 1.15. The fraction of sp³-hybridized carbons (Fsp3) is 1.00. The van der Waals surface area contributed by atoms with Crippen LogP contribution in [0.4, 0.5) is 0 Å². The molecule has 0 aliphatic heterocycles. The zero-order valence-corrected chi connectivity index (χ0v) is 7.71. The maximum absolute atomic E-state index is 9.45. The number of hydrogen-bond acceptors (Lipinski definition) is 2. The first-order valence-electron chi connectivity index (χ1n) is 4.66. The third-order valence-corrected chi connectivity index (χ3v) is 1.97. The highest BCUT2D eigenvalue weighted by Crippen LogP contribution is 2.06. The molecule has 0 aliphatic carbocycles. The third kappa shape index (κ3) is 5.22. The van der Waals surface area contributed by atoms with Gasteiger partial charge in [0.2, 0.25) is 0 Å². The van der Waals surface area contributed by atoms with Gasteiger partial charge in [-0.25, -0.2) is 0 Å². The molecule has 0 radical (unpaired) electrons. The number of unbranched alkanes of at least 4 members (excludes halogenated alkanes) is 1. The summed E-state index contributed by atoms with van der Waals surface area (Å²) in [6.07, 6.45) is 4.79. The van der Waals surface area contributed by atoms with E-state index >= 15 is 0 Å². The molecule has 0 saturated carbocycles. The van der Waals surface area contributed by atoms with Crippen molar-refractivity contribution in [2.75, 3.05) is 0 Å². The molecule has 0 saturated heterocycles. The lowest BCUT2D eigenvalue weighted by atomic mass is 10.0. The van der Waals surface area contributed by atoms with E-state index in [-0.39, 0.29) is 12.1 Å². The fourth-order valence-electron chi connectivity index (χ4n) is 1.15. The van der Waals surface area contributed by atoms with E-state index in [9.17, 15) is 5.11 Å². The zero-order valence-electron chi connectivity index (χ0n) is 7.71. The normalized spacial score (nSPS) is 16.4. The molecule has 2 heteroatoms. The van der Waals surface area contributed by atoms with E-state index in [4.69, 9.17) is 5.73 Å². The van der Waals surface area contributed by atoms with E-state index < -0.39 is 0 Å². The lowest BCUT2D eigenvalue weighted by Gasteiger charge is -2.17. The second kappa shape index (κ2) is 6.62. The molecule has 3 N–H and O–H groups in total. The molecule has 0 heterocycles. The van der Waals surface area contributed by atoms with Crippen molar-refractivity contribution in [2.45, 2.75) is 58.1 Å². The molecule has 11 heavy (non-hydrogen) atoms. The topological polar surface area (TPSA) is 46.2 Å². The first-order valence-corrected chi connectivity index (χ1v) is 4.66. The minimum absolute atomic E-state index is 0.00782. The van der Waals surface area contributed by atoms with Crippen molar-refractivity contribution in [2.24, 2.45) is 5.73 Å². The molecule has 0 aromatic rings. The van der Waals surface area contributed by atoms with Gasteiger partial charge in [-0.3, -0.25) is 0 Å². The van der Waals surface area contributed by atoms with Crippen molar-refractivity contribution in [3.63, 3.8) is 0 Å². The van der Waals surface area contributed by atoms with Crippen LogP contribution in [-0.2, 0) is 0 Å². The Morgan fingerprint density at radius 1 is 1.18 bits per heavy atom. The lowest BCUT2D eigenvalue weighted by Crippen LogP contribution is -2.34. The van der Waals surface area contributed by atoms with Gasteiger partial charge >= 0.3 is 0 Å². The van der Waals surface area contributed by atoms with E-state index in [0.717, 1.165) is 32.1 Å². The molecule has 68 valence electrons. The first-order chi connectivity index (χ1) is 5.22. The Bertz CT molecular complexity index is 85.6. The molecule has 0 spiro atoms. The maximum Gasteiger partial charge on any atom is 0.0691 e. The van der Waals surface area contributed by atoms with E-state index in [1.165, 1.54) is 0 Å². The van der Waals surface area contributed by atoms with Gasteiger partial charge in [0, 0.05) is 6.04 Å². The number of aliphatic hydroxyl groups excluding tert-OH is 1. The summed E-state index contributed by atoms with van der Waals surface area (Å²) in [7, 11) is 0. The Morgan fingerprint density at radius 2 is 1.82 bits per heavy atom. The average Bonchev–Trinajstić information content (AvgIpc) is 2.00. The van der Waals surface area contributed by atoms with Crippen molar-refractivity contribution in [1.29, 1.82) is 0 Å². The van der Waals surface area contributed by atoms with Crippen LogP contribution in [0, 0.1) is 0 Å². The van der Waals surface area contributed by atoms with E-state index in [1.54, 1.807) is 0 Å². The Hall–Kier alpha value is -0.0800. The molecular formula is C9H21NO. The monoisotopic (exact) mass is 159 g/mol. The van der Waals surface area contributed by atoms with E-state index in [1.807, 2.05) is 0 Å². The van der Waals surface area contributed by atoms with Crippen molar-refractivity contribution in [3.8, 4) is 0 Å². The van der Waals surface area contributed by atoms with Crippen molar-refractivity contribution in [3.05, 3.63) is 0 Å². The summed E-state index contributed by atoms with van der Waals surface area (Å²) in [5.41, 5.74) is 5.72. The first kappa shape index (κ1) is 10.9. The Kier molecular flexibility index (Phi) is 6.57. The predicted octanol–water partition coefficient (Wildman–Crippen LogP) is 1.66. The number of rotatable bonds is 6. The second-order valence-electron chi connectivity index (χ2n) is 3.16. The summed E-state index contributed by atoms with van der Waals surface area (Å²) < 4.78 is 0. The van der Waals surface area contributed by atoms with Gasteiger partial charge in [0.05, 0.1) is 6.10 Å². The second-order valence-corrected chi connectivity index (χ2v) is 3.16. The largest absolute Gasteiger partial charge is 0.392 e. The predicted molar refractivity (Wildman–Crippen MR) is 48.4 cm³/mol. The van der Waals surface area contributed by atoms with Crippen molar-refractivity contribution in [1.82, 2.24) is 0 Å². The quantitative estimate of drug-likeness (QED) is 0.619. The van der Waals surface area contributed by atoms with Gasteiger partial charge in [0.25, 0.3) is 0 Å². The van der Waals surface area contributed by atoms with Crippen LogP contribution >= 0.6 is 0 Å². The summed E-state index contributed by atoms with van der Waals surface area (Å²) in [5.74, 6) is 0. The Morgan fingerprint density at radius 3 is 2.27 bits per heavy atom. The maximum atomic E-state index is 9.45. The third-order valence-electron chi connectivity index (χ3n) is 1.97. The molecule has 0 aromatic heterocycles. The van der Waals surface area contributed by atoms with Crippen LogP contribution < -0.4 is 5.73 Å². The number of hydrogen-bond donors (Lipinski definition) is 2. The van der Waals surface area contributed by atoms with Gasteiger partial charge in [0.15, 0.2) is 0 Å². The highest BCUT2D eigenvalue weighted by Gasteiger charge is 2.11. The number of aliphatic hydroxyl groups is 1. The van der Waals surface area contributed by atoms with Crippen LogP contribution in [0.1, 0.15) is 46.0 Å².